The van der Waals surface area contributed by atoms with Crippen LogP contribution >= 0.6 is 0 Å². The molecule has 2 aliphatic rings. The van der Waals surface area contributed by atoms with Gasteiger partial charge in [-0.15, -0.1) is 0 Å². The van der Waals surface area contributed by atoms with Crippen LogP contribution in [0.3, 0.4) is 0 Å². The van der Waals surface area contributed by atoms with Crippen LogP contribution in [0.25, 0.3) is 0 Å². The molecule has 1 amide bonds. The second-order valence-electron chi connectivity index (χ2n) is 7.17. The third kappa shape index (κ3) is 5.83. The van der Waals surface area contributed by atoms with Crippen LogP contribution < -0.4 is 5.32 Å². The summed E-state index contributed by atoms with van der Waals surface area (Å²) in [5, 5.41) is 3.43. The van der Waals surface area contributed by atoms with Gasteiger partial charge in [-0.25, -0.2) is 4.79 Å². The lowest BCUT2D eigenvalue weighted by Crippen LogP contribution is -2.60. The van der Waals surface area contributed by atoms with Crippen molar-refractivity contribution in [2.24, 2.45) is 0 Å². The van der Waals surface area contributed by atoms with Gasteiger partial charge >= 0.3 is 6.09 Å². The molecule has 0 aromatic heterocycles. The zero-order valence-corrected chi connectivity index (χ0v) is 13.7. The zero-order chi connectivity index (χ0) is 15.3. The number of likely N-dealkylation sites (tertiary alicyclic amines) is 1. The summed E-state index contributed by atoms with van der Waals surface area (Å²) in [5.41, 5.74) is -0.413. The van der Waals surface area contributed by atoms with Crippen molar-refractivity contribution in [2.75, 3.05) is 26.2 Å². The van der Waals surface area contributed by atoms with E-state index in [4.69, 9.17) is 9.47 Å². The van der Waals surface area contributed by atoms with Gasteiger partial charge in [0.05, 0.1) is 12.7 Å². The van der Waals surface area contributed by atoms with Crippen molar-refractivity contribution in [3.05, 3.63) is 0 Å². The van der Waals surface area contributed by atoms with Crippen LogP contribution in [0.5, 0.6) is 0 Å². The van der Waals surface area contributed by atoms with Gasteiger partial charge in [-0.05, 0) is 33.6 Å². The molecular weight excluding hydrogens is 268 g/mol. The van der Waals surface area contributed by atoms with Gasteiger partial charge in [0.1, 0.15) is 5.60 Å². The maximum Gasteiger partial charge on any atom is 0.410 e. The zero-order valence-electron chi connectivity index (χ0n) is 13.7. The minimum Gasteiger partial charge on any atom is -0.444 e. The van der Waals surface area contributed by atoms with E-state index in [0.29, 0.717) is 12.1 Å². The van der Waals surface area contributed by atoms with E-state index in [1.54, 1.807) is 4.90 Å². The Balaban J connectivity index is 1.49. The van der Waals surface area contributed by atoms with E-state index in [1.165, 1.54) is 32.1 Å². The molecule has 1 saturated heterocycles. The van der Waals surface area contributed by atoms with E-state index < -0.39 is 5.60 Å². The van der Waals surface area contributed by atoms with Crippen LogP contribution in [-0.2, 0) is 9.47 Å². The molecule has 0 unspecified atom stereocenters. The second kappa shape index (κ2) is 7.45. The largest absolute Gasteiger partial charge is 0.444 e. The van der Waals surface area contributed by atoms with Crippen LogP contribution in [0.15, 0.2) is 0 Å². The molecule has 0 aromatic carbocycles. The van der Waals surface area contributed by atoms with Crippen molar-refractivity contribution in [2.45, 2.75) is 70.6 Å². The molecule has 1 aliphatic heterocycles. The van der Waals surface area contributed by atoms with Crippen molar-refractivity contribution < 1.29 is 14.3 Å². The molecule has 0 radical (unpaired) electrons. The lowest BCUT2D eigenvalue weighted by atomic mass is 9.98. The first kappa shape index (κ1) is 16.6. The van der Waals surface area contributed by atoms with Gasteiger partial charge in [0.25, 0.3) is 0 Å². The van der Waals surface area contributed by atoms with Gasteiger partial charge in [0, 0.05) is 25.7 Å². The molecule has 2 rings (SSSR count). The monoisotopic (exact) mass is 298 g/mol. The highest BCUT2D eigenvalue weighted by Crippen LogP contribution is 2.20. The summed E-state index contributed by atoms with van der Waals surface area (Å²) >= 11 is 0. The number of hydrogen-bond acceptors (Lipinski definition) is 4. The molecule has 0 bridgehead atoms. The van der Waals surface area contributed by atoms with Crippen molar-refractivity contribution in [3.8, 4) is 0 Å². The minimum absolute atomic E-state index is 0.209. The smallest absolute Gasteiger partial charge is 0.410 e. The van der Waals surface area contributed by atoms with E-state index in [1.807, 2.05) is 20.8 Å². The normalized spacial score (nSPS) is 21.2. The Morgan fingerprint density at radius 3 is 2.48 bits per heavy atom. The highest BCUT2D eigenvalue weighted by Gasteiger charge is 2.33. The average Bonchev–Trinajstić information content (AvgIpc) is 2.35. The first-order chi connectivity index (χ1) is 9.94. The van der Waals surface area contributed by atoms with Crippen LogP contribution in [0.2, 0.25) is 0 Å². The molecule has 5 heteroatoms. The van der Waals surface area contributed by atoms with E-state index in [2.05, 4.69) is 5.32 Å². The predicted octanol–water partition coefficient (Wildman–Crippen LogP) is 2.54. The molecule has 2 fully saturated rings. The lowest BCUT2D eigenvalue weighted by molar-refractivity contribution is 0.00178. The van der Waals surface area contributed by atoms with Crippen LogP contribution in [0.1, 0.15) is 52.9 Å². The van der Waals surface area contributed by atoms with E-state index >= 15 is 0 Å². The predicted molar refractivity (Wildman–Crippen MR) is 82.4 cm³/mol. The van der Waals surface area contributed by atoms with E-state index in [0.717, 1.165) is 26.2 Å². The van der Waals surface area contributed by atoms with Crippen molar-refractivity contribution in [1.82, 2.24) is 10.2 Å². The molecule has 0 aromatic rings. The molecule has 21 heavy (non-hydrogen) atoms. The number of rotatable bonds is 5. The molecule has 0 atom stereocenters. The Bertz CT molecular complexity index is 329. The molecule has 0 spiro atoms. The quantitative estimate of drug-likeness (QED) is 0.793. The highest BCUT2D eigenvalue weighted by molar-refractivity contribution is 5.69. The fourth-order valence-corrected chi connectivity index (χ4v) is 2.80. The van der Waals surface area contributed by atoms with Gasteiger partial charge in [0.2, 0.25) is 0 Å². The minimum atomic E-state index is -0.413. The molecule has 1 N–H and O–H groups in total. The maximum atomic E-state index is 11.8. The van der Waals surface area contributed by atoms with Crippen LogP contribution in [0.4, 0.5) is 4.79 Å². The summed E-state index contributed by atoms with van der Waals surface area (Å²) in [7, 11) is 0. The third-order valence-corrected chi connectivity index (χ3v) is 3.97. The first-order valence-electron chi connectivity index (χ1n) is 8.27. The summed E-state index contributed by atoms with van der Waals surface area (Å²) in [6.45, 7) is 8.78. The topological polar surface area (TPSA) is 50.8 Å². The number of amides is 1. The Kier molecular flexibility index (Phi) is 5.88. The number of nitrogens with one attached hydrogen (secondary N) is 1. The van der Waals surface area contributed by atoms with Gasteiger partial charge in [-0.1, -0.05) is 19.3 Å². The van der Waals surface area contributed by atoms with Crippen molar-refractivity contribution >= 4 is 6.09 Å². The summed E-state index contributed by atoms with van der Waals surface area (Å²) in [5.74, 6) is 0. The molecule has 1 aliphatic carbocycles. The summed E-state index contributed by atoms with van der Waals surface area (Å²) in [6.07, 6.45) is 6.68. The van der Waals surface area contributed by atoms with Gasteiger partial charge < -0.3 is 19.7 Å². The number of nitrogens with zero attached hydrogens (tertiary/aromatic N) is 1. The molecule has 1 saturated carbocycles. The SMILES string of the molecule is CC(C)(C)OC(=O)N1CC(NCCOC2CCCCC2)C1. The van der Waals surface area contributed by atoms with Crippen LogP contribution in [-0.4, -0.2) is 55.0 Å². The van der Waals surface area contributed by atoms with Gasteiger partial charge in [0.15, 0.2) is 0 Å². The standard InChI is InChI=1S/C16H30N2O3/c1-16(2,3)21-15(19)18-11-13(12-18)17-9-10-20-14-7-5-4-6-8-14/h13-14,17H,4-12H2,1-3H3. The number of carbonyl (C=O) groups is 1. The number of hydrogen-bond donors (Lipinski definition) is 1. The average molecular weight is 298 g/mol. The maximum absolute atomic E-state index is 11.8. The lowest BCUT2D eigenvalue weighted by Gasteiger charge is -2.40. The van der Waals surface area contributed by atoms with Crippen molar-refractivity contribution in [3.63, 3.8) is 0 Å². The number of carbonyl (C=O) groups excluding carboxylic acids is 1. The van der Waals surface area contributed by atoms with Gasteiger partial charge in [-0.2, -0.15) is 0 Å². The summed E-state index contributed by atoms with van der Waals surface area (Å²) in [4.78, 5) is 13.5. The van der Waals surface area contributed by atoms with E-state index in [-0.39, 0.29) is 6.09 Å². The van der Waals surface area contributed by atoms with Gasteiger partial charge in [-0.3, -0.25) is 0 Å². The molecule has 1 heterocycles. The fraction of sp³-hybridized carbons (Fsp3) is 0.938. The molecule has 122 valence electrons. The first-order valence-corrected chi connectivity index (χ1v) is 8.27. The Labute approximate surface area is 128 Å². The highest BCUT2D eigenvalue weighted by atomic mass is 16.6. The van der Waals surface area contributed by atoms with Crippen LogP contribution in [0, 0.1) is 0 Å². The Morgan fingerprint density at radius 1 is 1.19 bits per heavy atom. The Morgan fingerprint density at radius 2 is 1.86 bits per heavy atom. The molecule has 5 nitrogen and oxygen atoms in total. The molecular formula is C16H30N2O3. The summed E-state index contributed by atoms with van der Waals surface area (Å²) < 4.78 is 11.2. The second-order valence-corrected chi connectivity index (χ2v) is 7.17. The fourth-order valence-electron chi connectivity index (χ4n) is 2.80. The van der Waals surface area contributed by atoms with Crippen molar-refractivity contribution in [1.29, 1.82) is 0 Å². The number of ether oxygens (including phenoxy) is 2. The summed E-state index contributed by atoms with van der Waals surface area (Å²) in [6, 6.07) is 0.382. The Hall–Kier alpha value is -0.810. The third-order valence-electron chi connectivity index (χ3n) is 3.97. The van der Waals surface area contributed by atoms with E-state index in [9.17, 15) is 4.79 Å².